The molecule has 0 bridgehead atoms. The third kappa shape index (κ3) is 1.44. The first kappa shape index (κ1) is 7.88. The number of phenolic OH excluding ortho intramolecular Hbond substituents is 1. The van der Waals surface area contributed by atoms with Crippen molar-refractivity contribution < 1.29 is 10.2 Å². The number of hydrogen-bond donors (Lipinski definition) is 1. The summed E-state index contributed by atoms with van der Waals surface area (Å²) in [7, 11) is 0. The van der Waals surface area contributed by atoms with Crippen LogP contribution in [0.2, 0.25) is 0 Å². The summed E-state index contributed by atoms with van der Waals surface area (Å²) in [5.41, 5.74) is 0. The van der Waals surface area contributed by atoms with Crippen LogP contribution >= 0.6 is 31.9 Å². The zero-order chi connectivity index (χ0) is 7.72. The molecule has 10 heavy (non-hydrogen) atoms. The number of halogens is 2. The molecule has 0 saturated carbocycles. The first-order chi connectivity index (χ1) is 4.61. The lowest BCUT2D eigenvalue weighted by atomic mass is 10.3. The van der Waals surface area contributed by atoms with Gasteiger partial charge in [0.05, 0.1) is 4.47 Å². The predicted octanol–water partition coefficient (Wildman–Crippen LogP) is 1.99. The normalized spacial score (nSPS) is 9.80. The molecule has 54 valence electrons. The van der Waals surface area contributed by atoms with Crippen LogP contribution in [0.25, 0.3) is 0 Å². The number of rotatable bonds is 0. The van der Waals surface area contributed by atoms with E-state index in [1.54, 1.807) is 0 Å². The zero-order valence-corrected chi connectivity index (χ0v) is 7.94. The molecule has 0 spiro atoms. The Bertz CT molecular complexity index is 210. The van der Waals surface area contributed by atoms with Crippen molar-refractivity contribution in [1.82, 2.24) is 0 Å². The second kappa shape index (κ2) is 2.80. The second-order valence-corrected chi connectivity index (χ2v) is 3.44. The van der Waals surface area contributed by atoms with E-state index in [-0.39, 0.29) is 11.5 Å². The monoisotopic (exact) mass is 265 g/mol. The van der Waals surface area contributed by atoms with Crippen molar-refractivity contribution in [2.45, 2.75) is 0 Å². The first-order valence-electron chi connectivity index (χ1n) is 2.46. The lowest BCUT2D eigenvalue weighted by molar-refractivity contribution is -0.269. The summed E-state index contributed by atoms with van der Waals surface area (Å²) in [5, 5.41) is 19.8. The van der Waals surface area contributed by atoms with E-state index in [0.29, 0.717) is 8.95 Å². The maximum atomic E-state index is 10.8. The summed E-state index contributed by atoms with van der Waals surface area (Å²) in [6.07, 6.45) is 0. The molecule has 0 aromatic heterocycles. The molecule has 0 atom stereocenters. The molecule has 0 radical (unpaired) electrons. The Morgan fingerprint density at radius 3 is 2.30 bits per heavy atom. The molecule has 2 nitrogen and oxygen atoms in total. The molecule has 0 amide bonds. The van der Waals surface area contributed by atoms with Crippen LogP contribution in [-0.4, -0.2) is 5.11 Å². The van der Waals surface area contributed by atoms with Gasteiger partial charge in [-0.15, -0.1) is 0 Å². The van der Waals surface area contributed by atoms with E-state index in [0.717, 1.165) is 0 Å². The average molecular weight is 267 g/mol. The van der Waals surface area contributed by atoms with Crippen LogP contribution in [0.15, 0.2) is 21.1 Å². The van der Waals surface area contributed by atoms with E-state index >= 15 is 0 Å². The largest absolute Gasteiger partial charge is 0.872 e. The third-order valence-corrected chi connectivity index (χ3v) is 2.26. The third-order valence-electron chi connectivity index (χ3n) is 1.00. The highest BCUT2D eigenvalue weighted by Gasteiger charge is 1.97. The number of hydrogen-bond acceptors (Lipinski definition) is 2. The summed E-state index contributed by atoms with van der Waals surface area (Å²) >= 11 is 6.00. The van der Waals surface area contributed by atoms with Crippen LogP contribution in [0.5, 0.6) is 11.5 Å². The summed E-state index contributed by atoms with van der Waals surface area (Å²) < 4.78 is 0.786. The number of phenols is 1. The minimum absolute atomic E-state index is 0.0616. The molecule has 0 aliphatic heterocycles. The van der Waals surface area contributed by atoms with Crippen LogP contribution in [-0.2, 0) is 0 Å². The molecule has 1 aromatic rings. The van der Waals surface area contributed by atoms with E-state index in [1.165, 1.54) is 12.1 Å². The molecule has 0 heterocycles. The van der Waals surface area contributed by atoms with Crippen molar-refractivity contribution in [3.63, 3.8) is 0 Å². The van der Waals surface area contributed by atoms with Gasteiger partial charge in [-0.3, -0.25) is 0 Å². The van der Waals surface area contributed by atoms with Crippen molar-refractivity contribution in [2.75, 3.05) is 0 Å². The molecular weight excluding hydrogens is 264 g/mol. The summed E-state index contributed by atoms with van der Waals surface area (Å²) in [5.74, 6) is -0.0869. The SMILES string of the molecule is [O-]c1cc(Br)c(O)cc1Br. The van der Waals surface area contributed by atoms with Gasteiger partial charge in [0.2, 0.25) is 0 Å². The van der Waals surface area contributed by atoms with Crippen molar-refractivity contribution in [3.05, 3.63) is 21.1 Å². The van der Waals surface area contributed by atoms with Crippen molar-refractivity contribution in [2.24, 2.45) is 0 Å². The van der Waals surface area contributed by atoms with Gasteiger partial charge in [0.1, 0.15) is 5.75 Å². The van der Waals surface area contributed by atoms with Gasteiger partial charge in [0, 0.05) is 4.47 Å². The fourth-order valence-electron chi connectivity index (χ4n) is 0.518. The maximum absolute atomic E-state index is 10.8. The summed E-state index contributed by atoms with van der Waals surface area (Å²) in [4.78, 5) is 0. The van der Waals surface area contributed by atoms with Crippen molar-refractivity contribution in [3.8, 4) is 11.5 Å². The molecule has 4 heteroatoms. The Hall–Kier alpha value is -0.220. The van der Waals surface area contributed by atoms with Crippen LogP contribution < -0.4 is 5.11 Å². The van der Waals surface area contributed by atoms with Crippen molar-refractivity contribution in [1.29, 1.82) is 0 Å². The highest BCUT2D eigenvalue weighted by Crippen LogP contribution is 2.32. The van der Waals surface area contributed by atoms with Crippen LogP contribution in [0.1, 0.15) is 0 Å². The Labute approximate surface area is 74.8 Å². The second-order valence-electron chi connectivity index (χ2n) is 1.73. The van der Waals surface area contributed by atoms with E-state index in [4.69, 9.17) is 5.11 Å². The first-order valence-corrected chi connectivity index (χ1v) is 4.05. The standard InChI is InChI=1S/C6H4Br2O2/c7-3-1-5(9)4(8)2-6(3)10/h1-2,9-10H/p-1. The number of aromatic hydroxyl groups is 1. The Morgan fingerprint density at radius 1 is 1.20 bits per heavy atom. The van der Waals surface area contributed by atoms with E-state index in [2.05, 4.69) is 31.9 Å². The summed E-state index contributed by atoms with van der Waals surface area (Å²) in [6.45, 7) is 0. The molecule has 1 aromatic carbocycles. The van der Waals surface area contributed by atoms with Gasteiger partial charge in [-0.05, 0) is 22.0 Å². The smallest absolute Gasteiger partial charge is 0.130 e. The minimum Gasteiger partial charge on any atom is -0.872 e. The molecular formula is C6H3Br2O2-. The van der Waals surface area contributed by atoms with Crippen molar-refractivity contribution >= 4 is 31.9 Å². The molecule has 0 unspecified atom stereocenters. The fraction of sp³-hybridized carbons (Fsp3) is 0. The molecule has 1 rings (SSSR count). The molecule has 0 saturated heterocycles. The van der Waals surface area contributed by atoms with Crippen LogP contribution in [0.4, 0.5) is 0 Å². The highest BCUT2D eigenvalue weighted by atomic mass is 79.9. The van der Waals surface area contributed by atoms with Crippen LogP contribution in [0, 0.1) is 0 Å². The average Bonchev–Trinajstić information content (AvgIpc) is 1.84. The lowest BCUT2D eigenvalue weighted by Crippen LogP contribution is -1.90. The lowest BCUT2D eigenvalue weighted by Gasteiger charge is -2.08. The Balaban J connectivity index is 3.28. The van der Waals surface area contributed by atoms with Gasteiger partial charge in [-0.25, -0.2) is 0 Å². The Kier molecular flexibility index (Phi) is 2.21. The molecule has 0 aliphatic rings. The predicted molar refractivity (Wildman–Crippen MR) is 43.0 cm³/mol. The zero-order valence-electron chi connectivity index (χ0n) is 4.77. The molecule has 1 N–H and O–H groups in total. The van der Waals surface area contributed by atoms with E-state index in [1.807, 2.05) is 0 Å². The fourth-order valence-corrected chi connectivity index (χ4v) is 1.17. The van der Waals surface area contributed by atoms with Crippen LogP contribution in [0.3, 0.4) is 0 Å². The van der Waals surface area contributed by atoms with Gasteiger partial charge in [-0.1, -0.05) is 27.7 Å². The van der Waals surface area contributed by atoms with Gasteiger partial charge in [-0.2, -0.15) is 0 Å². The van der Waals surface area contributed by atoms with Gasteiger partial charge >= 0.3 is 0 Å². The summed E-state index contributed by atoms with van der Waals surface area (Å²) in [6, 6.07) is 2.66. The van der Waals surface area contributed by atoms with Gasteiger partial charge in [0.25, 0.3) is 0 Å². The molecule has 0 aliphatic carbocycles. The Morgan fingerprint density at radius 2 is 1.80 bits per heavy atom. The van der Waals surface area contributed by atoms with E-state index in [9.17, 15) is 5.11 Å². The van der Waals surface area contributed by atoms with Gasteiger partial charge < -0.3 is 10.2 Å². The topological polar surface area (TPSA) is 43.3 Å². The highest BCUT2D eigenvalue weighted by molar-refractivity contribution is 9.11. The van der Waals surface area contributed by atoms with Gasteiger partial charge in [0.15, 0.2) is 0 Å². The quantitative estimate of drug-likeness (QED) is 0.781. The number of benzene rings is 1. The maximum Gasteiger partial charge on any atom is 0.130 e. The van der Waals surface area contributed by atoms with E-state index < -0.39 is 0 Å². The molecule has 0 fully saturated rings. The minimum atomic E-state index is -0.148.